The average Bonchev–Trinajstić information content (AvgIpc) is 3.72. The van der Waals surface area contributed by atoms with Crippen molar-refractivity contribution in [1.82, 2.24) is 30.5 Å². The number of allylic oxidation sites excluding steroid dienone is 2. The van der Waals surface area contributed by atoms with Gasteiger partial charge in [-0.05, 0) is 94.8 Å². The Morgan fingerprint density at radius 2 is 1.72 bits per heavy atom. The van der Waals surface area contributed by atoms with E-state index in [9.17, 15) is 24.0 Å². The van der Waals surface area contributed by atoms with Crippen molar-refractivity contribution in [1.29, 1.82) is 0 Å². The lowest BCUT2D eigenvalue weighted by molar-refractivity contribution is -0.136. The lowest BCUT2D eigenvalue weighted by atomic mass is 9.76. The highest BCUT2D eigenvalue weighted by Crippen LogP contribution is 2.43. The van der Waals surface area contributed by atoms with E-state index in [1.54, 1.807) is 19.1 Å². The van der Waals surface area contributed by atoms with Crippen molar-refractivity contribution >= 4 is 41.1 Å². The number of imide groups is 2. The van der Waals surface area contributed by atoms with E-state index in [1.807, 2.05) is 75.9 Å². The zero-order chi connectivity index (χ0) is 44.4. The number of nitrogens with zero attached hydrogens (tertiary/aromatic N) is 6. The van der Waals surface area contributed by atoms with Crippen LogP contribution in [-0.4, -0.2) is 127 Å². The minimum absolute atomic E-state index is 0.0121. The van der Waals surface area contributed by atoms with Crippen LogP contribution in [-0.2, 0) is 14.4 Å². The monoisotopic (exact) mass is 849 g/mol. The largest absolute Gasteiger partial charge is 0.368 e. The minimum atomic E-state index is -2.53. The predicted molar refractivity (Wildman–Crippen MR) is 232 cm³/mol. The number of amides is 5. The fraction of sp³-hybridized carbons (Fsp3) is 0.652. The molecule has 6 rings (SSSR count). The Morgan fingerprint density at radius 3 is 2.31 bits per heavy atom. The summed E-state index contributed by atoms with van der Waals surface area (Å²) < 4.78 is 30.3. The number of piperidine rings is 1. The standard InChI is InChI=1S/C46H66F2N8O5/c1-10-23-55(36-15-13-14-33-40(36)46(61)56(45(33)60)37-20-21-38(58)50-44(37)59)30-18-16-29(17-19-30)41-32-22-24-54(28(6)57)25-34(32)43(51-41)49-35(12-3)31(11-2)39(42(47)48)26(4)27(5)53(9)52(7)8/h12-15,26-27,29-31,37,39,41-42H,10-11,16-25H2,1-9H3,(H,49,51)(H,50,58,59)/b35-12-/t26?,27-,29?,30?,31?,37?,39?,41?/m1/s1. The molecule has 6 atom stereocenters. The van der Waals surface area contributed by atoms with Crippen LogP contribution in [0, 0.1) is 23.7 Å². The number of nitrogens with one attached hydrogen (secondary N) is 2. The Balaban J connectivity index is 1.23. The van der Waals surface area contributed by atoms with Crippen molar-refractivity contribution in [2.75, 3.05) is 45.7 Å². The van der Waals surface area contributed by atoms with Crippen LogP contribution in [0.25, 0.3) is 0 Å². The van der Waals surface area contributed by atoms with Crippen LogP contribution in [0.3, 0.4) is 0 Å². The molecule has 334 valence electrons. The van der Waals surface area contributed by atoms with E-state index in [0.29, 0.717) is 49.6 Å². The second-order valence-electron chi connectivity index (χ2n) is 17.8. The molecule has 0 aromatic heterocycles. The van der Waals surface area contributed by atoms with Gasteiger partial charge in [0.25, 0.3) is 11.8 Å². The summed E-state index contributed by atoms with van der Waals surface area (Å²) in [7, 11) is 5.76. The summed E-state index contributed by atoms with van der Waals surface area (Å²) in [6.45, 7) is 13.1. The molecule has 4 heterocycles. The molecule has 1 aromatic rings. The summed E-state index contributed by atoms with van der Waals surface area (Å²) in [6.07, 6.45) is 4.94. The third-order valence-corrected chi connectivity index (χ3v) is 14.3. The van der Waals surface area contributed by atoms with Gasteiger partial charge in [0.05, 0.1) is 22.9 Å². The van der Waals surface area contributed by atoms with E-state index in [2.05, 4.69) is 22.5 Å². The van der Waals surface area contributed by atoms with Gasteiger partial charge >= 0.3 is 0 Å². The Bertz CT molecular complexity index is 1960. The highest BCUT2D eigenvalue weighted by atomic mass is 19.3. The van der Waals surface area contributed by atoms with Crippen molar-refractivity contribution in [2.45, 2.75) is 130 Å². The first-order chi connectivity index (χ1) is 29.0. The smallest absolute Gasteiger partial charge is 0.264 e. The molecule has 5 amide bonds. The van der Waals surface area contributed by atoms with Gasteiger partial charge < -0.3 is 15.1 Å². The Hall–Kier alpha value is -4.50. The van der Waals surface area contributed by atoms with Crippen LogP contribution in [0.15, 0.2) is 46.1 Å². The first-order valence-corrected chi connectivity index (χ1v) is 22.3. The number of rotatable bonds is 15. The molecule has 61 heavy (non-hydrogen) atoms. The second-order valence-corrected chi connectivity index (χ2v) is 17.8. The third kappa shape index (κ3) is 9.05. The molecule has 1 saturated heterocycles. The van der Waals surface area contributed by atoms with Gasteiger partial charge in [0, 0.05) is 89.3 Å². The molecular formula is C46H66F2N8O5. The number of hydrazine groups is 1. The highest BCUT2D eigenvalue weighted by Gasteiger charge is 2.47. The first-order valence-electron chi connectivity index (χ1n) is 22.3. The van der Waals surface area contributed by atoms with E-state index in [4.69, 9.17) is 4.99 Å². The number of hydrogen-bond acceptors (Lipinski definition) is 10. The molecule has 1 saturated carbocycles. The molecule has 0 radical (unpaired) electrons. The van der Waals surface area contributed by atoms with Crippen molar-refractivity contribution in [3.63, 3.8) is 0 Å². The summed E-state index contributed by atoms with van der Waals surface area (Å²) in [5, 5.41) is 9.80. The van der Waals surface area contributed by atoms with Gasteiger partial charge in [0.15, 0.2) is 0 Å². The van der Waals surface area contributed by atoms with Gasteiger partial charge in [-0.15, -0.1) is 0 Å². The maximum Gasteiger partial charge on any atom is 0.264 e. The Morgan fingerprint density at radius 1 is 1.02 bits per heavy atom. The van der Waals surface area contributed by atoms with Crippen LogP contribution in [0.2, 0.25) is 0 Å². The number of halogens is 2. The minimum Gasteiger partial charge on any atom is -0.368 e. The molecule has 2 N–H and O–H groups in total. The predicted octanol–water partition coefficient (Wildman–Crippen LogP) is 6.03. The van der Waals surface area contributed by atoms with E-state index in [1.165, 1.54) is 5.57 Å². The molecule has 1 aliphatic carbocycles. The van der Waals surface area contributed by atoms with Crippen molar-refractivity contribution in [3.05, 3.63) is 52.2 Å². The number of fused-ring (bicyclic) bond motifs is 1. The maximum absolute atomic E-state index is 15.2. The highest BCUT2D eigenvalue weighted by molar-refractivity contribution is 6.25. The molecule has 5 aliphatic rings. The number of benzene rings is 1. The SMILES string of the molecule is C/C=C(\NC1=NC(C2CCC(N(CCC)c3cccc4c3C(=O)N(C3CCC(=O)NC3=O)C4=O)CC2)C2=C1CN(C(C)=O)CC2)C(CC)C(C(F)F)C(C)[C@@H](C)N(C)N(C)C. The Labute approximate surface area is 360 Å². The summed E-state index contributed by atoms with van der Waals surface area (Å²) in [5.74, 6) is -2.88. The van der Waals surface area contributed by atoms with Crippen molar-refractivity contribution in [3.8, 4) is 0 Å². The Kier molecular flexibility index (Phi) is 14.5. The van der Waals surface area contributed by atoms with Gasteiger partial charge in [0.2, 0.25) is 24.1 Å². The third-order valence-electron chi connectivity index (χ3n) is 14.3. The average molecular weight is 849 g/mol. The topological polar surface area (TPSA) is 138 Å². The quantitative estimate of drug-likeness (QED) is 0.160. The fourth-order valence-corrected chi connectivity index (χ4v) is 10.6. The first kappa shape index (κ1) is 46.0. The van der Waals surface area contributed by atoms with Gasteiger partial charge in [0.1, 0.15) is 11.9 Å². The number of carbonyl (C=O) groups is 5. The lowest BCUT2D eigenvalue weighted by Crippen LogP contribution is -2.54. The molecule has 0 spiro atoms. The summed E-state index contributed by atoms with van der Waals surface area (Å²) in [6, 6.07) is 4.14. The van der Waals surface area contributed by atoms with E-state index in [-0.39, 0.29) is 54.3 Å². The number of anilines is 1. The van der Waals surface area contributed by atoms with Crippen molar-refractivity contribution in [2.24, 2.45) is 28.7 Å². The molecule has 0 bridgehead atoms. The molecule has 2 fully saturated rings. The van der Waals surface area contributed by atoms with Crippen LogP contribution in [0.1, 0.15) is 120 Å². The van der Waals surface area contributed by atoms with Gasteiger partial charge in [-0.1, -0.05) is 32.9 Å². The fourth-order valence-electron chi connectivity index (χ4n) is 10.6. The summed E-state index contributed by atoms with van der Waals surface area (Å²) in [5.41, 5.74) is 4.20. The number of carbonyl (C=O) groups excluding carboxylic acids is 5. The van der Waals surface area contributed by atoms with Gasteiger partial charge in [-0.2, -0.15) is 0 Å². The van der Waals surface area contributed by atoms with Gasteiger partial charge in [-0.3, -0.25) is 39.2 Å². The van der Waals surface area contributed by atoms with Crippen LogP contribution < -0.4 is 15.5 Å². The van der Waals surface area contributed by atoms with Gasteiger partial charge in [-0.25, -0.2) is 18.8 Å². The molecule has 4 aliphatic heterocycles. The number of alkyl halides is 2. The van der Waals surface area contributed by atoms with E-state index in [0.717, 1.165) is 48.3 Å². The van der Waals surface area contributed by atoms with Crippen LogP contribution >= 0.6 is 0 Å². The molecule has 15 heteroatoms. The van der Waals surface area contributed by atoms with E-state index >= 15 is 8.78 Å². The normalized spacial score (nSPS) is 25.5. The second kappa shape index (κ2) is 19.3. The number of aliphatic imine (C=N–C) groups is 1. The molecule has 13 nitrogen and oxygen atoms in total. The van der Waals surface area contributed by atoms with Crippen molar-refractivity contribution < 1.29 is 32.8 Å². The van der Waals surface area contributed by atoms with Crippen LogP contribution in [0.4, 0.5) is 14.5 Å². The van der Waals surface area contributed by atoms with E-state index < -0.39 is 47.9 Å². The zero-order valence-electron chi connectivity index (χ0n) is 37.5. The molecule has 1 aromatic carbocycles. The molecule has 5 unspecified atom stereocenters. The number of amidine groups is 1. The lowest BCUT2D eigenvalue weighted by Gasteiger charge is -2.40. The van der Waals surface area contributed by atoms with Crippen LogP contribution in [0.5, 0.6) is 0 Å². The summed E-state index contributed by atoms with van der Waals surface area (Å²) >= 11 is 0. The molecular weight excluding hydrogens is 783 g/mol. The maximum atomic E-state index is 15.2. The summed E-state index contributed by atoms with van der Waals surface area (Å²) in [4.78, 5) is 75.6. The number of hydrogen-bond donors (Lipinski definition) is 2. The zero-order valence-corrected chi connectivity index (χ0v) is 37.5.